The summed E-state index contributed by atoms with van der Waals surface area (Å²) in [4.78, 5) is 0. The molecule has 0 aliphatic heterocycles. The summed E-state index contributed by atoms with van der Waals surface area (Å²) in [6.07, 6.45) is 0. The largest absolute Gasteiger partial charge is 0.456 e. The van der Waals surface area contributed by atoms with E-state index in [1.54, 1.807) is 0 Å². The fourth-order valence-electron chi connectivity index (χ4n) is 1.78. The molecule has 0 unspecified atom stereocenters. The van der Waals surface area contributed by atoms with Crippen LogP contribution >= 0.6 is 15.9 Å². The second kappa shape index (κ2) is 6.70. The van der Waals surface area contributed by atoms with Gasteiger partial charge in [0, 0.05) is 6.54 Å². The first-order valence-electron chi connectivity index (χ1n) is 6.03. The van der Waals surface area contributed by atoms with Crippen molar-refractivity contribution in [3.63, 3.8) is 0 Å². The van der Waals surface area contributed by atoms with Crippen molar-refractivity contribution in [1.82, 2.24) is 5.32 Å². The van der Waals surface area contributed by atoms with E-state index < -0.39 is 0 Å². The van der Waals surface area contributed by atoms with Crippen LogP contribution in [0.25, 0.3) is 0 Å². The zero-order valence-electron chi connectivity index (χ0n) is 10.7. The zero-order valence-corrected chi connectivity index (χ0v) is 12.3. The van der Waals surface area contributed by atoms with Crippen LogP contribution in [-0.4, -0.2) is 12.2 Å². The molecule has 0 spiro atoms. The summed E-state index contributed by atoms with van der Waals surface area (Å²) in [5.74, 6) is 1.48. The molecule has 0 saturated carbocycles. The standard InChI is InChI=1S/C15H16BrNO2/c1-17-9-11-5-6-15(14(16)8-11)19-13-4-2-3-12(7-13)10-18/h2-8,17-18H,9-10H2,1H3. The Bertz CT molecular complexity index is 558. The lowest BCUT2D eigenvalue weighted by Crippen LogP contribution is -2.04. The maximum absolute atomic E-state index is 9.11. The Hall–Kier alpha value is -1.36. The van der Waals surface area contributed by atoms with E-state index in [0.29, 0.717) is 5.75 Å². The molecule has 0 saturated heterocycles. The second-order valence-corrected chi connectivity index (χ2v) is 5.06. The van der Waals surface area contributed by atoms with E-state index in [2.05, 4.69) is 21.2 Å². The Labute approximate surface area is 121 Å². The third-order valence-corrected chi connectivity index (χ3v) is 3.31. The smallest absolute Gasteiger partial charge is 0.141 e. The molecule has 0 radical (unpaired) electrons. The van der Waals surface area contributed by atoms with Gasteiger partial charge in [-0.15, -0.1) is 0 Å². The minimum absolute atomic E-state index is 0.0134. The van der Waals surface area contributed by atoms with Gasteiger partial charge in [-0.2, -0.15) is 0 Å². The van der Waals surface area contributed by atoms with Gasteiger partial charge in [-0.05, 0) is 58.4 Å². The number of halogens is 1. The summed E-state index contributed by atoms with van der Waals surface area (Å²) in [5.41, 5.74) is 2.02. The van der Waals surface area contributed by atoms with Crippen LogP contribution in [-0.2, 0) is 13.2 Å². The molecule has 2 aromatic rings. The van der Waals surface area contributed by atoms with Crippen molar-refractivity contribution in [2.75, 3.05) is 7.05 Å². The molecular weight excluding hydrogens is 306 g/mol. The van der Waals surface area contributed by atoms with Crippen LogP contribution in [0.3, 0.4) is 0 Å². The minimum atomic E-state index is 0.0134. The molecule has 0 fully saturated rings. The number of aliphatic hydroxyl groups excluding tert-OH is 1. The van der Waals surface area contributed by atoms with Crippen LogP contribution < -0.4 is 10.1 Å². The Balaban J connectivity index is 2.18. The van der Waals surface area contributed by atoms with Crippen LogP contribution in [0.1, 0.15) is 11.1 Å². The molecule has 2 rings (SSSR count). The third kappa shape index (κ3) is 3.80. The lowest BCUT2D eigenvalue weighted by atomic mass is 10.2. The number of hydrogen-bond acceptors (Lipinski definition) is 3. The highest BCUT2D eigenvalue weighted by Crippen LogP contribution is 2.30. The predicted molar refractivity (Wildman–Crippen MR) is 79.3 cm³/mol. The van der Waals surface area contributed by atoms with Crippen molar-refractivity contribution in [2.24, 2.45) is 0 Å². The van der Waals surface area contributed by atoms with Gasteiger partial charge in [-0.3, -0.25) is 0 Å². The summed E-state index contributed by atoms with van der Waals surface area (Å²) in [6.45, 7) is 0.832. The van der Waals surface area contributed by atoms with E-state index in [0.717, 1.165) is 22.3 Å². The third-order valence-electron chi connectivity index (χ3n) is 2.69. The molecule has 0 aliphatic carbocycles. The molecule has 0 heterocycles. The Kier molecular flexibility index (Phi) is 4.96. The molecule has 0 aliphatic rings. The highest BCUT2D eigenvalue weighted by atomic mass is 79.9. The summed E-state index contributed by atoms with van der Waals surface area (Å²) in [7, 11) is 1.92. The minimum Gasteiger partial charge on any atom is -0.456 e. The van der Waals surface area contributed by atoms with Crippen LogP contribution in [0.2, 0.25) is 0 Å². The lowest BCUT2D eigenvalue weighted by molar-refractivity contribution is 0.281. The lowest BCUT2D eigenvalue weighted by Gasteiger charge is -2.10. The highest BCUT2D eigenvalue weighted by Gasteiger charge is 2.04. The van der Waals surface area contributed by atoms with Crippen molar-refractivity contribution in [3.8, 4) is 11.5 Å². The fourth-order valence-corrected chi connectivity index (χ4v) is 2.28. The number of hydrogen-bond donors (Lipinski definition) is 2. The fraction of sp³-hybridized carbons (Fsp3) is 0.200. The first-order chi connectivity index (χ1) is 9.22. The number of benzene rings is 2. The van der Waals surface area contributed by atoms with Crippen molar-refractivity contribution in [1.29, 1.82) is 0 Å². The predicted octanol–water partition coefficient (Wildman–Crippen LogP) is 3.45. The number of rotatable bonds is 5. The number of ether oxygens (including phenoxy) is 1. The van der Waals surface area contributed by atoms with Gasteiger partial charge in [0.2, 0.25) is 0 Å². The summed E-state index contributed by atoms with van der Waals surface area (Å²) in [6, 6.07) is 13.4. The molecular formula is C15H16BrNO2. The summed E-state index contributed by atoms with van der Waals surface area (Å²) < 4.78 is 6.72. The molecule has 2 aromatic carbocycles. The van der Waals surface area contributed by atoms with Crippen molar-refractivity contribution in [3.05, 3.63) is 58.1 Å². The topological polar surface area (TPSA) is 41.5 Å². The zero-order chi connectivity index (χ0) is 13.7. The summed E-state index contributed by atoms with van der Waals surface area (Å²) >= 11 is 3.51. The summed E-state index contributed by atoms with van der Waals surface area (Å²) in [5, 5.41) is 12.2. The maximum Gasteiger partial charge on any atom is 0.141 e. The molecule has 100 valence electrons. The van der Waals surface area contributed by atoms with E-state index in [-0.39, 0.29) is 6.61 Å². The van der Waals surface area contributed by atoms with Crippen LogP contribution in [0.4, 0.5) is 0 Å². The van der Waals surface area contributed by atoms with Gasteiger partial charge in [-0.25, -0.2) is 0 Å². The molecule has 0 amide bonds. The molecule has 0 atom stereocenters. The molecule has 4 heteroatoms. The van der Waals surface area contributed by atoms with E-state index in [4.69, 9.17) is 9.84 Å². The van der Waals surface area contributed by atoms with E-state index in [1.165, 1.54) is 5.56 Å². The maximum atomic E-state index is 9.11. The molecule has 0 bridgehead atoms. The van der Waals surface area contributed by atoms with Crippen molar-refractivity contribution < 1.29 is 9.84 Å². The SMILES string of the molecule is CNCc1ccc(Oc2cccc(CO)c2)c(Br)c1. The first-order valence-corrected chi connectivity index (χ1v) is 6.83. The highest BCUT2D eigenvalue weighted by molar-refractivity contribution is 9.10. The molecule has 2 N–H and O–H groups in total. The van der Waals surface area contributed by atoms with Gasteiger partial charge in [0.15, 0.2) is 0 Å². The van der Waals surface area contributed by atoms with Crippen LogP contribution in [0.15, 0.2) is 46.9 Å². The quantitative estimate of drug-likeness (QED) is 0.886. The van der Waals surface area contributed by atoms with E-state index in [1.807, 2.05) is 49.5 Å². The number of aliphatic hydroxyl groups is 1. The monoisotopic (exact) mass is 321 g/mol. The van der Waals surface area contributed by atoms with Crippen LogP contribution in [0.5, 0.6) is 11.5 Å². The van der Waals surface area contributed by atoms with Gasteiger partial charge < -0.3 is 15.2 Å². The molecule has 3 nitrogen and oxygen atoms in total. The van der Waals surface area contributed by atoms with Gasteiger partial charge in [0.25, 0.3) is 0 Å². The average molecular weight is 322 g/mol. The van der Waals surface area contributed by atoms with Gasteiger partial charge in [0.1, 0.15) is 11.5 Å². The van der Waals surface area contributed by atoms with Crippen LogP contribution in [0, 0.1) is 0 Å². The Morgan fingerprint density at radius 3 is 2.68 bits per heavy atom. The van der Waals surface area contributed by atoms with Gasteiger partial charge in [0.05, 0.1) is 11.1 Å². The first kappa shape index (κ1) is 14.1. The second-order valence-electron chi connectivity index (χ2n) is 4.20. The van der Waals surface area contributed by atoms with E-state index in [9.17, 15) is 0 Å². The Morgan fingerprint density at radius 1 is 1.16 bits per heavy atom. The van der Waals surface area contributed by atoms with Crippen molar-refractivity contribution in [2.45, 2.75) is 13.2 Å². The van der Waals surface area contributed by atoms with Gasteiger partial charge >= 0.3 is 0 Å². The number of nitrogens with one attached hydrogen (secondary N) is 1. The van der Waals surface area contributed by atoms with E-state index >= 15 is 0 Å². The molecule has 19 heavy (non-hydrogen) atoms. The Morgan fingerprint density at radius 2 is 2.00 bits per heavy atom. The van der Waals surface area contributed by atoms with Crippen molar-refractivity contribution >= 4 is 15.9 Å². The van der Waals surface area contributed by atoms with Gasteiger partial charge in [-0.1, -0.05) is 18.2 Å². The normalized spacial score (nSPS) is 10.5. The molecule has 0 aromatic heterocycles. The average Bonchev–Trinajstić information content (AvgIpc) is 2.42.